The molecule has 0 unspecified atom stereocenters. The lowest BCUT2D eigenvalue weighted by atomic mass is 10.2. The molecule has 0 saturated heterocycles. The van der Waals surface area contributed by atoms with Crippen molar-refractivity contribution in [2.75, 3.05) is 6.26 Å². The summed E-state index contributed by atoms with van der Waals surface area (Å²) in [6, 6.07) is 4.53. The summed E-state index contributed by atoms with van der Waals surface area (Å²) in [4.78, 5) is 16.5. The van der Waals surface area contributed by atoms with E-state index in [1.54, 1.807) is 22.9 Å². The van der Waals surface area contributed by atoms with Gasteiger partial charge in [-0.15, -0.1) is 11.3 Å². The fourth-order valence-electron chi connectivity index (χ4n) is 2.23. The van der Waals surface area contributed by atoms with Crippen molar-refractivity contribution >= 4 is 43.7 Å². The van der Waals surface area contributed by atoms with E-state index in [0.717, 1.165) is 6.26 Å². The second-order valence-corrected chi connectivity index (χ2v) is 8.51. The molecule has 0 bridgehead atoms. The Kier molecular flexibility index (Phi) is 3.91. The first-order chi connectivity index (χ1) is 10.7. The molecule has 0 atom stereocenters. The summed E-state index contributed by atoms with van der Waals surface area (Å²) >= 11 is 7.23. The first-order valence-electron chi connectivity index (χ1n) is 6.43. The quantitative estimate of drug-likeness (QED) is 0.762. The molecule has 23 heavy (non-hydrogen) atoms. The SMILES string of the molecule is CS(=O)(=O)c1ccc(Cl)cc1-c1cn2cc(CC(=O)O)sc2n1. The summed E-state index contributed by atoms with van der Waals surface area (Å²) < 4.78 is 25.5. The molecule has 1 aromatic carbocycles. The van der Waals surface area contributed by atoms with Crippen LogP contribution < -0.4 is 0 Å². The van der Waals surface area contributed by atoms with Crippen LogP contribution in [0.15, 0.2) is 35.5 Å². The minimum atomic E-state index is -3.43. The van der Waals surface area contributed by atoms with Crippen molar-refractivity contribution in [2.45, 2.75) is 11.3 Å². The molecule has 120 valence electrons. The summed E-state index contributed by atoms with van der Waals surface area (Å²) in [5.74, 6) is -0.913. The third kappa shape index (κ3) is 3.24. The molecule has 9 heteroatoms. The first-order valence-corrected chi connectivity index (χ1v) is 9.52. The Morgan fingerprint density at radius 2 is 2.13 bits per heavy atom. The van der Waals surface area contributed by atoms with Crippen molar-refractivity contribution < 1.29 is 18.3 Å². The smallest absolute Gasteiger partial charge is 0.308 e. The zero-order chi connectivity index (χ0) is 16.8. The predicted octanol–water partition coefficient (Wildman–Crippen LogP) is 2.75. The molecular weight excluding hydrogens is 360 g/mol. The fourth-order valence-corrected chi connectivity index (χ4v) is 4.23. The van der Waals surface area contributed by atoms with Crippen molar-refractivity contribution in [1.29, 1.82) is 0 Å². The Balaban J connectivity index is 2.12. The van der Waals surface area contributed by atoms with E-state index in [9.17, 15) is 13.2 Å². The van der Waals surface area contributed by atoms with Gasteiger partial charge in [-0.2, -0.15) is 0 Å². The molecule has 1 N–H and O–H groups in total. The summed E-state index contributed by atoms with van der Waals surface area (Å²) in [7, 11) is -3.43. The van der Waals surface area contributed by atoms with Crippen LogP contribution in [0.2, 0.25) is 5.02 Å². The molecule has 0 aliphatic heterocycles. The Morgan fingerprint density at radius 1 is 1.39 bits per heavy atom. The number of thiazole rings is 1. The molecule has 2 heterocycles. The van der Waals surface area contributed by atoms with E-state index in [0.29, 0.717) is 26.1 Å². The number of imidazole rings is 1. The van der Waals surface area contributed by atoms with Crippen molar-refractivity contribution in [3.63, 3.8) is 0 Å². The van der Waals surface area contributed by atoms with Crippen LogP contribution in [0.5, 0.6) is 0 Å². The zero-order valence-corrected chi connectivity index (χ0v) is 14.2. The summed E-state index contributed by atoms with van der Waals surface area (Å²) in [6.07, 6.45) is 4.39. The number of fused-ring (bicyclic) bond motifs is 1. The van der Waals surface area contributed by atoms with Crippen molar-refractivity contribution in [3.8, 4) is 11.3 Å². The molecule has 3 rings (SSSR count). The highest BCUT2D eigenvalue weighted by atomic mass is 35.5. The number of hydrogen-bond acceptors (Lipinski definition) is 5. The predicted molar refractivity (Wildman–Crippen MR) is 88.0 cm³/mol. The largest absolute Gasteiger partial charge is 0.481 e. The van der Waals surface area contributed by atoms with Gasteiger partial charge < -0.3 is 5.11 Å². The van der Waals surface area contributed by atoms with E-state index in [4.69, 9.17) is 16.7 Å². The van der Waals surface area contributed by atoms with Gasteiger partial charge in [0.15, 0.2) is 14.8 Å². The number of halogens is 1. The van der Waals surface area contributed by atoms with Crippen molar-refractivity contribution in [1.82, 2.24) is 9.38 Å². The van der Waals surface area contributed by atoms with Gasteiger partial charge in [-0.25, -0.2) is 13.4 Å². The maximum Gasteiger partial charge on any atom is 0.308 e. The van der Waals surface area contributed by atoms with Crippen LogP contribution in [0, 0.1) is 0 Å². The standard InChI is InChI=1S/C14H11ClN2O4S2/c1-23(20,21)12-3-2-8(15)4-10(12)11-7-17-6-9(5-13(18)19)22-14(17)16-11/h2-4,6-7H,5H2,1H3,(H,18,19). The minimum Gasteiger partial charge on any atom is -0.481 e. The van der Waals surface area contributed by atoms with Crippen LogP contribution >= 0.6 is 22.9 Å². The lowest BCUT2D eigenvalue weighted by Crippen LogP contribution is -2.00. The van der Waals surface area contributed by atoms with E-state index in [2.05, 4.69) is 4.98 Å². The number of nitrogens with zero attached hydrogens (tertiary/aromatic N) is 2. The molecule has 3 aromatic rings. The highest BCUT2D eigenvalue weighted by Gasteiger charge is 2.18. The van der Waals surface area contributed by atoms with Gasteiger partial charge in [0, 0.05) is 34.1 Å². The normalized spacial score (nSPS) is 11.9. The maximum absolute atomic E-state index is 11.9. The summed E-state index contributed by atoms with van der Waals surface area (Å²) in [5, 5.41) is 9.23. The van der Waals surface area contributed by atoms with Crippen LogP contribution in [0.3, 0.4) is 0 Å². The number of sulfone groups is 1. The van der Waals surface area contributed by atoms with Crippen LogP contribution in [-0.4, -0.2) is 35.1 Å². The van der Waals surface area contributed by atoms with E-state index < -0.39 is 15.8 Å². The number of rotatable bonds is 4. The molecule has 2 aromatic heterocycles. The molecule has 0 saturated carbocycles. The van der Waals surface area contributed by atoms with Crippen LogP contribution in [0.4, 0.5) is 0 Å². The lowest BCUT2D eigenvalue weighted by molar-refractivity contribution is -0.136. The molecule has 0 radical (unpaired) electrons. The van der Waals surface area contributed by atoms with Gasteiger partial charge in [-0.05, 0) is 18.2 Å². The molecule has 6 nitrogen and oxygen atoms in total. The first kappa shape index (κ1) is 16.0. The van der Waals surface area contributed by atoms with Gasteiger partial charge in [-0.3, -0.25) is 9.20 Å². The molecule has 0 amide bonds. The van der Waals surface area contributed by atoms with E-state index in [-0.39, 0.29) is 11.3 Å². The molecule has 0 spiro atoms. The van der Waals surface area contributed by atoms with Gasteiger partial charge >= 0.3 is 5.97 Å². The molecule has 0 fully saturated rings. The number of carbonyl (C=O) groups is 1. The summed E-state index contributed by atoms with van der Waals surface area (Å²) in [6.45, 7) is 0. The molecular formula is C14H11ClN2O4S2. The monoisotopic (exact) mass is 370 g/mol. The fraction of sp³-hybridized carbons (Fsp3) is 0.143. The Morgan fingerprint density at radius 3 is 2.74 bits per heavy atom. The number of benzene rings is 1. The molecule has 0 aliphatic rings. The number of carboxylic acids is 1. The van der Waals surface area contributed by atoms with Crippen molar-refractivity contribution in [2.24, 2.45) is 0 Å². The van der Waals surface area contributed by atoms with E-state index >= 15 is 0 Å². The van der Waals surface area contributed by atoms with Crippen LogP contribution in [-0.2, 0) is 21.1 Å². The molecule has 0 aliphatic carbocycles. The van der Waals surface area contributed by atoms with Gasteiger partial charge in [0.25, 0.3) is 0 Å². The zero-order valence-electron chi connectivity index (χ0n) is 11.9. The van der Waals surface area contributed by atoms with Gasteiger partial charge in [0.1, 0.15) is 0 Å². The second-order valence-electron chi connectivity index (χ2n) is 5.00. The Bertz CT molecular complexity index is 989. The Hall–Kier alpha value is -1.90. The number of hydrogen-bond donors (Lipinski definition) is 1. The third-order valence-corrected chi connectivity index (χ3v) is 5.53. The van der Waals surface area contributed by atoms with Gasteiger partial charge in [0.05, 0.1) is 17.0 Å². The van der Waals surface area contributed by atoms with E-state index in [1.165, 1.54) is 23.5 Å². The average molecular weight is 371 g/mol. The Labute approximate surface area is 140 Å². The number of carboxylic acid groups (broad SMARTS) is 1. The van der Waals surface area contributed by atoms with Gasteiger partial charge in [0.2, 0.25) is 0 Å². The van der Waals surface area contributed by atoms with Crippen LogP contribution in [0.25, 0.3) is 16.2 Å². The average Bonchev–Trinajstić information content (AvgIpc) is 2.94. The van der Waals surface area contributed by atoms with Crippen LogP contribution in [0.1, 0.15) is 4.88 Å². The minimum absolute atomic E-state index is 0.0743. The van der Waals surface area contributed by atoms with E-state index in [1.807, 2.05) is 0 Å². The third-order valence-electron chi connectivity index (χ3n) is 3.15. The second kappa shape index (κ2) is 5.63. The number of aliphatic carboxylic acids is 1. The maximum atomic E-state index is 11.9. The summed E-state index contributed by atoms with van der Waals surface area (Å²) in [5.41, 5.74) is 0.900. The topological polar surface area (TPSA) is 88.7 Å². The highest BCUT2D eigenvalue weighted by Crippen LogP contribution is 2.31. The number of aromatic nitrogens is 2. The highest BCUT2D eigenvalue weighted by molar-refractivity contribution is 7.90. The van der Waals surface area contributed by atoms with Gasteiger partial charge in [-0.1, -0.05) is 11.6 Å². The van der Waals surface area contributed by atoms with Crippen molar-refractivity contribution in [3.05, 3.63) is 40.5 Å². The lowest BCUT2D eigenvalue weighted by Gasteiger charge is -2.05.